The summed E-state index contributed by atoms with van der Waals surface area (Å²) in [6.45, 7) is 5.77. The second-order valence-electron chi connectivity index (χ2n) is 6.67. The number of carboxylic acid groups (broad SMARTS) is 1. The van der Waals surface area contributed by atoms with Gasteiger partial charge in [-0.1, -0.05) is 41.1 Å². The lowest BCUT2D eigenvalue weighted by atomic mass is 10.1. The van der Waals surface area contributed by atoms with Gasteiger partial charge in [0.25, 0.3) is 5.91 Å². The van der Waals surface area contributed by atoms with Crippen molar-refractivity contribution < 1.29 is 14.7 Å². The third-order valence-corrected chi connectivity index (χ3v) is 5.52. The van der Waals surface area contributed by atoms with Crippen molar-refractivity contribution in [2.24, 2.45) is 0 Å². The molecule has 1 aromatic carbocycles. The quantitative estimate of drug-likeness (QED) is 0.452. The van der Waals surface area contributed by atoms with Crippen LogP contribution < -0.4 is 4.90 Å². The molecule has 148 valence electrons. The van der Waals surface area contributed by atoms with Crippen molar-refractivity contribution in [3.63, 3.8) is 0 Å². The fourth-order valence-corrected chi connectivity index (χ4v) is 3.87. The number of anilines is 1. The lowest BCUT2D eigenvalue weighted by Gasteiger charge is -2.40. The number of carbonyl (C=O) groups is 2. The number of hydrogen-bond donors (Lipinski definition) is 1. The molecule has 1 aliphatic rings. The van der Waals surface area contributed by atoms with Gasteiger partial charge in [-0.3, -0.25) is 9.59 Å². The van der Waals surface area contributed by atoms with Gasteiger partial charge in [-0.2, -0.15) is 0 Å². The molecule has 28 heavy (non-hydrogen) atoms. The molecular formula is C19H21ClN4O3S. The van der Waals surface area contributed by atoms with E-state index < -0.39 is 5.97 Å². The Kier molecular flexibility index (Phi) is 6.41. The predicted molar refractivity (Wildman–Crippen MR) is 109 cm³/mol. The molecule has 1 aliphatic heterocycles. The van der Waals surface area contributed by atoms with Gasteiger partial charge in [-0.15, -0.1) is 0 Å². The molecule has 0 aliphatic carbocycles. The van der Waals surface area contributed by atoms with Gasteiger partial charge in [0.2, 0.25) is 0 Å². The number of hydrogen-bond acceptors (Lipinski definition) is 6. The van der Waals surface area contributed by atoms with Crippen LogP contribution in [0.3, 0.4) is 0 Å². The second-order valence-corrected chi connectivity index (χ2v) is 8.00. The monoisotopic (exact) mass is 420 g/mol. The number of carbonyl (C=O) groups excluding carboxylic acids is 1. The number of nitrogens with zero attached hydrogens (tertiary/aromatic N) is 4. The average molecular weight is 421 g/mol. The number of piperazine rings is 1. The first-order chi connectivity index (χ1) is 13.3. The zero-order valence-corrected chi connectivity index (χ0v) is 17.2. The molecule has 2 aromatic rings. The molecule has 1 atom stereocenters. The SMILES string of the molecule is Cc1ccc(C(=O)N2CCN(c3cc(Cl)nc(SCC(=O)O)n3)C[C@H]2C)cc1. The first kappa shape index (κ1) is 20.4. The van der Waals surface area contributed by atoms with Gasteiger partial charge in [0.05, 0.1) is 5.75 Å². The van der Waals surface area contributed by atoms with E-state index >= 15 is 0 Å². The summed E-state index contributed by atoms with van der Waals surface area (Å²) in [4.78, 5) is 36.0. The van der Waals surface area contributed by atoms with Crippen molar-refractivity contribution in [1.82, 2.24) is 14.9 Å². The lowest BCUT2D eigenvalue weighted by molar-refractivity contribution is -0.133. The molecule has 0 saturated carbocycles. The van der Waals surface area contributed by atoms with Crippen LogP contribution in [-0.2, 0) is 4.79 Å². The Morgan fingerprint density at radius 3 is 2.61 bits per heavy atom. The fraction of sp³-hybridized carbons (Fsp3) is 0.368. The maximum Gasteiger partial charge on any atom is 0.313 e. The number of rotatable bonds is 5. The van der Waals surface area contributed by atoms with Crippen molar-refractivity contribution >= 4 is 41.1 Å². The standard InChI is InChI=1S/C19H21ClN4O3S/c1-12-3-5-14(6-4-12)18(27)24-8-7-23(10-13(24)2)16-9-15(20)21-19(22-16)28-11-17(25)26/h3-6,9,13H,7-8,10-11H2,1-2H3,(H,25,26)/t13-/m1/s1. The zero-order valence-electron chi connectivity index (χ0n) is 15.6. The second kappa shape index (κ2) is 8.79. The van der Waals surface area contributed by atoms with Gasteiger partial charge in [0.1, 0.15) is 11.0 Å². The minimum absolute atomic E-state index is 0.00795. The van der Waals surface area contributed by atoms with E-state index in [4.69, 9.17) is 16.7 Å². The van der Waals surface area contributed by atoms with Gasteiger partial charge >= 0.3 is 5.97 Å². The first-order valence-electron chi connectivity index (χ1n) is 8.85. The highest BCUT2D eigenvalue weighted by Crippen LogP contribution is 2.24. The van der Waals surface area contributed by atoms with Crippen LogP contribution in [-0.4, -0.2) is 63.3 Å². The molecule has 1 fully saturated rings. The van der Waals surface area contributed by atoms with Gasteiger partial charge in [0.15, 0.2) is 5.16 Å². The number of aromatic nitrogens is 2. The van der Waals surface area contributed by atoms with Crippen LogP contribution in [0.5, 0.6) is 0 Å². The van der Waals surface area contributed by atoms with Gasteiger partial charge < -0.3 is 14.9 Å². The van der Waals surface area contributed by atoms with Crippen LogP contribution >= 0.6 is 23.4 Å². The summed E-state index contributed by atoms with van der Waals surface area (Å²) in [6, 6.07) is 9.24. The first-order valence-corrected chi connectivity index (χ1v) is 10.2. The van der Waals surface area contributed by atoms with Gasteiger partial charge in [0, 0.05) is 37.3 Å². The molecule has 1 saturated heterocycles. The number of benzene rings is 1. The van der Waals surface area contributed by atoms with Crippen LogP contribution in [0.25, 0.3) is 0 Å². The van der Waals surface area contributed by atoms with E-state index in [0.717, 1.165) is 17.3 Å². The molecule has 1 N–H and O–H groups in total. The molecule has 0 spiro atoms. The molecule has 1 amide bonds. The van der Waals surface area contributed by atoms with E-state index in [9.17, 15) is 9.59 Å². The molecule has 1 aromatic heterocycles. The molecule has 0 bridgehead atoms. The van der Waals surface area contributed by atoms with E-state index in [1.807, 2.05) is 47.9 Å². The Bertz CT molecular complexity index is 878. The number of halogens is 1. The van der Waals surface area contributed by atoms with Gasteiger partial charge in [-0.05, 0) is 26.0 Å². The normalized spacial score (nSPS) is 16.9. The molecule has 0 unspecified atom stereocenters. The fourth-order valence-electron chi connectivity index (χ4n) is 3.07. The van der Waals surface area contributed by atoms with Crippen molar-refractivity contribution in [2.45, 2.75) is 25.0 Å². The van der Waals surface area contributed by atoms with Crippen LogP contribution in [0.2, 0.25) is 5.15 Å². The number of amides is 1. The Balaban J connectivity index is 1.70. The maximum atomic E-state index is 12.8. The van der Waals surface area contributed by atoms with Crippen LogP contribution in [0, 0.1) is 6.92 Å². The highest BCUT2D eigenvalue weighted by molar-refractivity contribution is 7.99. The number of carboxylic acids is 1. The summed E-state index contributed by atoms with van der Waals surface area (Å²) in [5, 5.41) is 9.43. The predicted octanol–water partition coefficient (Wildman–Crippen LogP) is 2.97. The Hall–Kier alpha value is -2.32. The third-order valence-electron chi connectivity index (χ3n) is 4.50. The Labute approximate surface area is 172 Å². The van der Waals surface area contributed by atoms with E-state index in [1.54, 1.807) is 6.07 Å². The summed E-state index contributed by atoms with van der Waals surface area (Å²) in [5.74, 6) is -0.408. The van der Waals surface area contributed by atoms with Gasteiger partial charge in [-0.25, -0.2) is 9.97 Å². The van der Waals surface area contributed by atoms with Crippen molar-refractivity contribution in [3.05, 3.63) is 46.6 Å². The summed E-state index contributed by atoms with van der Waals surface area (Å²) < 4.78 is 0. The van der Waals surface area contributed by atoms with E-state index in [1.165, 1.54) is 0 Å². The van der Waals surface area contributed by atoms with E-state index in [0.29, 0.717) is 36.2 Å². The van der Waals surface area contributed by atoms with Crippen molar-refractivity contribution in [1.29, 1.82) is 0 Å². The largest absolute Gasteiger partial charge is 0.481 e. The maximum absolute atomic E-state index is 12.8. The van der Waals surface area contributed by atoms with Crippen molar-refractivity contribution in [2.75, 3.05) is 30.3 Å². The Morgan fingerprint density at radius 2 is 1.96 bits per heavy atom. The average Bonchev–Trinajstić information content (AvgIpc) is 2.66. The molecule has 9 heteroatoms. The zero-order chi connectivity index (χ0) is 20.3. The molecule has 2 heterocycles. The van der Waals surface area contributed by atoms with Crippen LogP contribution in [0.15, 0.2) is 35.5 Å². The summed E-state index contributed by atoms with van der Waals surface area (Å²) in [5.41, 5.74) is 1.80. The summed E-state index contributed by atoms with van der Waals surface area (Å²) >= 11 is 7.12. The van der Waals surface area contributed by atoms with Crippen molar-refractivity contribution in [3.8, 4) is 0 Å². The highest BCUT2D eigenvalue weighted by Gasteiger charge is 2.29. The Morgan fingerprint density at radius 1 is 1.25 bits per heavy atom. The highest BCUT2D eigenvalue weighted by atomic mass is 35.5. The minimum atomic E-state index is -0.938. The molecular weight excluding hydrogens is 400 g/mol. The molecule has 0 radical (unpaired) electrons. The number of thioether (sulfide) groups is 1. The summed E-state index contributed by atoms with van der Waals surface area (Å²) in [6.07, 6.45) is 0. The lowest BCUT2D eigenvalue weighted by Crippen LogP contribution is -2.54. The number of aryl methyl sites for hydroxylation is 1. The van der Waals surface area contributed by atoms with E-state index in [2.05, 4.69) is 9.97 Å². The number of aliphatic carboxylic acids is 1. The topological polar surface area (TPSA) is 86.6 Å². The molecule has 3 rings (SSSR count). The third kappa shape index (κ3) is 4.94. The van der Waals surface area contributed by atoms with Crippen LogP contribution in [0.4, 0.5) is 5.82 Å². The minimum Gasteiger partial charge on any atom is -0.481 e. The smallest absolute Gasteiger partial charge is 0.313 e. The van der Waals surface area contributed by atoms with Crippen LogP contribution in [0.1, 0.15) is 22.8 Å². The van der Waals surface area contributed by atoms with E-state index in [-0.39, 0.29) is 22.9 Å². The molecule has 7 nitrogen and oxygen atoms in total. The summed E-state index contributed by atoms with van der Waals surface area (Å²) in [7, 11) is 0.